The lowest BCUT2D eigenvalue weighted by molar-refractivity contribution is -0.141. The van der Waals surface area contributed by atoms with Gasteiger partial charge in [-0.3, -0.25) is 9.79 Å². The van der Waals surface area contributed by atoms with E-state index in [0.717, 1.165) is 18.9 Å². The molecule has 24 heavy (non-hydrogen) atoms. The van der Waals surface area contributed by atoms with Crippen LogP contribution < -0.4 is 10.6 Å². The van der Waals surface area contributed by atoms with E-state index in [4.69, 9.17) is 0 Å². The van der Waals surface area contributed by atoms with Crippen molar-refractivity contribution >= 4 is 11.7 Å². The Labute approximate surface area is 136 Å². The number of pyridine rings is 1. The van der Waals surface area contributed by atoms with Crippen LogP contribution in [-0.4, -0.2) is 35.4 Å². The number of aliphatic imine (C=N–C) groups is 1. The molecule has 1 saturated carbocycles. The third-order valence-corrected chi connectivity index (χ3v) is 4.85. The van der Waals surface area contributed by atoms with Crippen LogP contribution in [0.3, 0.4) is 0 Å². The summed E-state index contributed by atoms with van der Waals surface area (Å²) in [5.74, 6) is 0.220. The fourth-order valence-corrected chi connectivity index (χ4v) is 3.32. The molecule has 5 nitrogen and oxygen atoms in total. The first kappa shape index (κ1) is 15.6. The Morgan fingerprint density at radius 3 is 2.50 bits per heavy atom. The van der Waals surface area contributed by atoms with Gasteiger partial charge in [0.1, 0.15) is 17.1 Å². The number of alkyl halides is 3. The standard InChI is InChI=1S/C16H17F3N4O/c17-16(18,19)11-4-3-10(12(21-11)9-1-2-9)13-22-14(24)15(23-13)5-7-20-8-6-15/h3-4,9,20H,1-2,5-8H2,(H,22,23,24). The zero-order chi connectivity index (χ0) is 16.9. The second-order valence-corrected chi connectivity index (χ2v) is 6.60. The SMILES string of the molecule is O=C1NC(c2ccc(C(F)(F)F)nc2C2CC2)=NC12CCNCC2. The molecule has 0 aromatic carbocycles. The Morgan fingerprint density at radius 1 is 1.17 bits per heavy atom. The number of aromatic nitrogens is 1. The largest absolute Gasteiger partial charge is 0.433 e. The summed E-state index contributed by atoms with van der Waals surface area (Å²) in [5.41, 5.74) is -0.761. The second kappa shape index (κ2) is 5.27. The Kier molecular flexibility index (Phi) is 3.42. The van der Waals surface area contributed by atoms with E-state index >= 15 is 0 Å². The second-order valence-electron chi connectivity index (χ2n) is 6.60. The molecule has 2 aliphatic heterocycles. The lowest BCUT2D eigenvalue weighted by atomic mass is 9.89. The number of amides is 1. The maximum atomic E-state index is 12.9. The monoisotopic (exact) mass is 338 g/mol. The van der Waals surface area contributed by atoms with Gasteiger partial charge < -0.3 is 10.6 Å². The number of halogens is 3. The summed E-state index contributed by atoms with van der Waals surface area (Å²) in [6, 6.07) is 2.35. The summed E-state index contributed by atoms with van der Waals surface area (Å²) in [6.45, 7) is 1.40. The van der Waals surface area contributed by atoms with Crippen LogP contribution >= 0.6 is 0 Å². The van der Waals surface area contributed by atoms with Crippen LogP contribution in [0.5, 0.6) is 0 Å². The van der Waals surface area contributed by atoms with E-state index in [2.05, 4.69) is 20.6 Å². The molecule has 1 saturated heterocycles. The lowest BCUT2D eigenvalue weighted by Gasteiger charge is -2.28. The molecular formula is C16H17F3N4O. The van der Waals surface area contributed by atoms with Crippen LogP contribution in [-0.2, 0) is 11.0 Å². The smallest absolute Gasteiger partial charge is 0.317 e. The van der Waals surface area contributed by atoms with Crippen molar-refractivity contribution in [2.24, 2.45) is 4.99 Å². The van der Waals surface area contributed by atoms with Crippen molar-refractivity contribution in [3.8, 4) is 0 Å². The highest BCUT2D eigenvalue weighted by Crippen LogP contribution is 2.42. The predicted molar refractivity (Wildman–Crippen MR) is 80.7 cm³/mol. The Balaban J connectivity index is 1.74. The van der Waals surface area contributed by atoms with Gasteiger partial charge in [0.05, 0.1) is 5.69 Å². The number of hydrogen-bond donors (Lipinski definition) is 2. The highest BCUT2D eigenvalue weighted by atomic mass is 19.4. The first-order chi connectivity index (χ1) is 11.4. The summed E-state index contributed by atoms with van der Waals surface area (Å²) in [6.07, 6.45) is -1.65. The number of hydrogen-bond acceptors (Lipinski definition) is 4. The predicted octanol–water partition coefficient (Wildman–Crippen LogP) is 1.98. The molecule has 1 aliphatic carbocycles. The molecule has 8 heteroatoms. The first-order valence-electron chi connectivity index (χ1n) is 8.10. The van der Waals surface area contributed by atoms with Crippen LogP contribution in [0.2, 0.25) is 0 Å². The molecule has 2 fully saturated rings. The highest BCUT2D eigenvalue weighted by molar-refractivity contribution is 6.15. The zero-order valence-electron chi connectivity index (χ0n) is 12.9. The molecule has 1 aromatic rings. The van der Waals surface area contributed by atoms with Gasteiger partial charge in [0, 0.05) is 11.5 Å². The van der Waals surface area contributed by atoms with Crippen LogP contribution in [0.4, 0.5) is 13.2 Å². The molecule has 1 spiro atoms. The van der Waals surface area contributed by atoms with E-state index in [9.17, 15) is 18.0 Å². The van der Waals surface area contributed by atoms with Gasteiger partial charge in [-0.15, -0.1) is 0 Å². The van der Waals surface area contributed by atoms with Crippen molar-refractivity contribution in [1.29, 1.82) is 0 Å². The van der Waals surface area contributed by atoms with Crippen molar-refractivity contribution in [1.82, 2.24) is 15.6 Å². The summed E-state index contributed by atoms with van der Waals surface area (Å²) in [7, 11) is 0. The van der Waals surface area contributed by atoms with E-state index in [1.165, 1.54) is 6.07 Å². The fraction of sp³-hybridized carbons (Fsp3) is 0.562. The fourth-order valence-electron chi connectivity index (χ4n) is 3.32. The molecular weight excluding hydrogens is 321 g/mol. The number of nitrogens with zero attached hydrogens (tertiary/aromatic N) is 2. The molecule has 128 valence electrons. The molecule has 0 bridgehead atoms. The maximum Gasteiger partial charge on any atom is 0.433 e. The van der Waals surface area contributed by atoms with Crippen molar-refractivity contribution in [2.45, 2.75) is 43.3 Å². The summed E-state index contributed by atoms with van der Waals surface area (Å²) in [4.78, 5) is 20.8. The minimum absolute atomic E-state index is 0.0199. The summed E-state index contributed by atoms with van der Waals surface area (Å²) in [5, 5.41) is 5.96. The number of piperidine rings is 1. The molecule has 2 N–H and O–H groups in total. The molecule has 0 atom stereocenters. The third-order valence-electron chi connectivity index (χ3n) is 4.85. The molecule has 3 aliphatic rings. The molecule has 0 unspecified atom stereocenters. The van der Waals surface area contributed by atoms with E-state index in [1.54, 1.807) is 0 Å². The minimum atomic E-state index is -4.47. The Morgan fingerprint density at radius 2 is 1.88 bits per heavy atom. The lowest BCUT2D eigenvalue weighted by Crippen LogP contribution is -2.47. The van der Waals surface area contributed by atoms with E-state index in [0.29, 0.717) is 43.0 Å². The van der Waals surface area contributed by atoms with Gasteiger partial charge in [0.2, 0.25) is 0 Å². The third kappa shape index (κ3) is 2.58. The summed E-state index contributed by atoms with van der Waals surface area (Å²) < 4.78 is 38.8. The van der Waals surface area contributed by atoms with Gasteiger partial charge >= 0.3 is 6.18 Å². The van der Waals surface area contributed by atoms with E-state index in [-0.39, 0.29) is 11.8 Å². The quantitative estimate of drug-likeness (QED) is 0.866. The van der Waals surface area contributed by atoms with Crippen LogP contribution in [0.1, 0.15) is 48.6 Å². The van der Waals surface area contributed by atoms with Gasteiger partial charge in [0.15, 0.2) is 0 Å². The van der Waals surface area contributed by atoms with Crippen molar-refractivity contribution in [2.75, 3.05) is 13.1 Å². The van der Waals surface area contributed by atoms with Crippen molar-refractivity contribution in [3.05, 3.63) is 29.1 Å². The number of amidine groups is 1. The molecule has 1 aromatic heterocycles. The number of carbonyl (C=O) groups excluding carboxylic acids is 1. The van der Waals surface area contributed by atoms with Gasteiger partial charge in [-0.2, -0.15) is 13.2 Å². The van der Waals surface area contributed by atoms with Gasteiger partial charge in [-0.1, -0.05) is 0 Å². The molecule has 1 amide bonds. The molecule has 4 rings (SSSR count). The Hall–Kier alpha value is -1.96. The average molecular weight is 338 g/mol. The number of rotatable bonds is 2. The van der Waals surface area contributed by atoms with E-state index < -0.39 is 17.4 Å². The number of carbonyl (C=O) groups is 1. The van der Waals surface area contributed by atoms with Crippen molar-refractivity contribution < 1.29 is 18.0 Å². The first-order valence-corrected chi connectivity index (χ1v) is 8.10. The van der Waals surface area contributed by atoms with Crippen LogP contribution in [0.25, 0.3) is 0 Å². The summed E-state index contributed by atoms with van der Waals surface area (Å²) >= 11 is 0. The van der Waals surface area contributed by atoms with Crippen LogP contribution in [0.15, 0.2) is 17.1 Å². The molecule has 3 heterocycles. The van der Waals surface area contributed by atoms with Gasteiger partial charge in [0.25, 0.3) is 5.91 Å². The zero-order valence-corrected chi connectivity index (χ0v) is 12.9. The van der Waals surface area contributed by atoms with Gasteiger partial charge in [-0.05, 0) is 50.9 Å². The van der Waals surface area contributed by atoms with Gasteiger partial charge in [-0.25, -0.2) is 4.98 Å². The van der Waals surface area contributed by atoms with E-state index in [1.807, 2.05) is 0 Å². The minimum Gasteiger partial charge on any atom is -0.317 e. The molecule has 0 radical (unpaired) electrons. The Bertz CT molecular complexity index is 719. The topological polar surface area (TPSA) is 66.4 Å². The average Bonchev–Trinajstić information content (AvgIpc) is 3.34. The van der Waals surface area contributed by atoms with Crippen molar-refractivity contribution in [3.63, 3.8) is 0 Å². The highest BCUT2D eigenvalue weighted by Gasteiger charge is 2.45. The number of nitrogens with one attached hydrogen (secondary N) is 2. The normalized spacial score (nSPS) is 23.3. The van der Waals surface area contributed by atoms with Crippen LogP contribution in [0, 0.1) is 0 Å². The maximum absolute atomic E-state index is 12.9.